The largest absolute Gasteiger partial charge is 0.324 e. The standard InChI is InChI=1S/C18H18F2N2O2/c1-11(14-8-7-13(19)9-16(14)20)21-10-18(24)22-17-6-4-3-5-15(17)12(2)23/h3-9,11,21H,10H2,1-2H3,(H,22,24)/t11-/m1/s1. The Labute approximate surface area is 138 Å². The van der Waals surface area contributed by atoms with Crippen LogP contribution in [0.15, 0.2) is 42.5 Å². The molecule has 0 heterocycles. The van der Waals surface area contributed by atoms with E-state index in [0.29, 0.717) is 11.3 Å². The van der Waals surface area contributed by atoms with Crippen LogP contribution in [0.3, 0.4) is 0 Å². The van der Waals surface area contributed by atoms with Crippen LogP contribution < -0.4 is 10.6 Å². The fraction of sp³-hybridized carbons (Fsp3) is 0.222. The van der Waals surface area contributed by atoms with Gasteiger partial charge in [0.1, 0.15) is 11.6 Å². The quantitative estimate of drug-likeness (QED) is 0.797. The lowest BCUT2D eigenvalue weighted by atomic mass is 10.1. The van der Waals surface area contributed by atoms with Crippen LogP contribution in [0.25, 0.3) is 0 Å². The molecule has 0 saturated carbocycles. The van der Waals surface area contributed by atoms with Crippen LogP contribution in [0.2, 0.25) is 0 Å². The molecule has 4 nitrogen and oxygen atoms in total. The highest BCUT2D eigenvalue weighted by atomic mass is 19.1. The van der Waals surface area contributed by atoms with Crippen molar-refractivity contribution in [3.8, 4) is 0 Å². The topological polar surface area (TPSA) is 58.2 Å². The van der Waals surface area contributed by atoms with Crippen LogP contribution in [0.5, 0.6) is 0 Å². The molecule has 0 fully saturated rings. The van der Waals surface area contributed by atoms with E-state index in [1.54, 1.807) is 31.2 Å². The van der Waals surface area contributed by atoms with Crippen molar-refractivity contribution in [1.29, 1.82) is 0 Å². The molecule has 2 aromatic rings. The first-order valence-electron chi connectivity index (χ1n) is 7.46. The van der Waals surface area contributed by atoms with Crippen LogP contribution >= 0.6 is 0 Å². The van der Waals surface area contributed by atoms with Crippen LogP contribution in [-0.4, -0.2) is 18.2 Å². The van der Waals surface area contributed by atoms with Gasteiger partial charge in [-0.15, -0.1) is 0 Å². The molecule has 0 spiro atoms. The molecule has 2 aromatic carbocycles. The minimum atomic E-state index is -0.669. The highest BCUT2D eigenvalue weighted by Crippen LogP contribution is 2.18. The zero-order valence-electron chi connectivity index (χ0n) is 13.4. The van der Waals surface area contributed by atoms with Gasteiger partial charge in [-0.1, -0.05) is 18.2 Å². The molecule has 0 aromatic heterocycles. The number of para-hydroxylation sites is 1. The molecule has 0 aliphatic heterocycles. The molecular formula is C18H18F2N2O2. The van der Waals surface area contributed by atoms with Crippen LogP contribution in [-0.2, 0) is 4.79 Å². The van der Waals surface area contributed by atoms with E-state index < -0.39 is 17.7 Å². The second kappa shape index (κ2) is 7.79. The summed E-state index contributed by atoms with van der Waals surface area (Å²) in [5.41, 5.74) is 1.12. The molecule has 2 N–H and O–H groups in total. The van der Waals surface area contributed by atoms with Gasteiger partial charge in [-0.25, -0.2) is 8.78 Å². The highest BCUT2D eigenvalue weighted by Gasteiger charge is 2.14. The van der Waals surface area contributed by atoms with E-state index in [2.05, 4.69) is 10.6 Å². The third-order valence-corrected chi connectivity index (χ3v) is 3.58. The van der Waals surface area contributed by atoms with Crippen LogP contribution in [0, 0.1) is 11.6 Å². The van der Waals surface area contributed by atoms with Gasteiger partial charge in [-0.3, -0.25) is 9.59 Å². The summed E-state index contributed by atoms with van der Waals surface area (Å²) >= 11 is 0. The molecule has 0 radical (unpaired) electrons. The molecule has 1 amide bonds. The Balaban J connectivity index is 1.97. The van der Waals surface area contributed by atoms with Crippen molar-refractivity contribution < 1.29 is 18.4 Å². The zero-order valence-corrected chi connectivity index (χ0v) is 13.4. The number of halogens is 2. The lowest BCUT2D eigenvalue weighted by molar-refractivity contribution is -0.115. The summed E-state index contributed by atoms with van der Waals surface area (Å²) in [4.78, 5) is 23.5. The molecule has 24 heavy (non-hydrogen) atoms. The van der Waals surface area contributed by atoms with E-state index in [1.807, 2.05) is 0 Å². The van der Waals surface area contributed by atoms with Gasteiger partial charge < -0.3 is 10.6 Å². The minimum Gasteiger partial charge on any atom is -0.324 e. The Morgan fingerprint density at radius 3 is 2.50 bits per heavy atom. The highest BCUT2D eigenvalue weighted by molar-refractivity contribution is 6.04. The van der Waals surface area contributed by atoms with Gasteiger partial charge in [-0.05, 0) is 32.0 Å². The van der Waals surface area contributed by atoms with Crippen molar-refractivity contribution in [3.63, 3.8) is 0 Å². The van der Waals surface area contributed by atoms with Crippen molar-refractivity contribution in [1.82, 2.24) is 5.32 Å². The first-order valence-corrected chi connectivity index (χ1v) is 7.46. The van der Waals surface area contributed by atoms with Gasteiger partial charge in [0.2, 0.25) is 5.91 Å². The van der Waals surface area contributed by atoms with Gasteiger partial charge in [0, 0.05) is 23.2 Å². The number of carbonyl (C=O) groups is 2. The Hall–Kier alpha value is -2.60. The Morgan fingerprint density at radius 1 is 1.12 bits per heavy atom. The van der Waals surface area contributed by atoms with Crippen LogP contribution in [0.1, 0.15) is 35.8 Å². The van der Waals surface area contributed by atoms with E-state index in [0.717, 1.165) is 6.07 Å². The smallest absolute Gasteiger partial charge is 0.238 e. The summed E-state index contributed by atoms with van der Waals surface area (Å²) in [6, 6.07) is 9.52. The molecule has 0 unspecified atom stereocenters. The number of benzene rings is 2. The number of ketones is 1. The van der Waals surface area contributed by atoms with E-state index >= 15 is 0 Å². The summed E-state index contributed by atoms with van der Waals surface area (Å²) in [7, 11) is 0. The van der Waals surface area contributed by atoms with E-state index in [9.17, 15) is 18.4 Å². The second-order valence-corrected chi connectivity index (χ2v) is 5.42. The second-order valence-electron chi connectivity index (χ2n) is 5.42. The molecule has 2 rings (SSSR count). The average Bonchev–Trinajstić information content (AvgIpc) is 2.53. The summed E-state index contributed by atoms with van der Waals surface area (Å²) < 4.78 is 26.6. The number of nitrogens with one attached hydrogen (secondary N) is 2. The SMILES string of the molecule is CC(=O)c1ccccc1NC(=O)CN[C@H](C)c1ccc(F)cc1F. The zero-order chi connectivity index (χ0) is 17.7. The Bertz CT molecular complexity index is 762. The number of Topliss-reactive ketones (excluding diaryl/α,β-unsaturated/α-hetero) is 1. The molecule has 6 heteroatoms. The van der Waals surface area contributed by atoms with Gasteiger partial charge >= 0.3 is 0 Å². The molecule has 0 aliphatic rings. The maximum Gasteiger partial charge on any atom is 0.238 e. The lowest BCUT2D eigenvalue weighted by Crippen LogP contribution is -2.30. The minimum absolute atomic E-state index is 0.0791. The predicted octanol–water partition coefficient (Wildman–Crippen LogP) is 3.46. The number of hydrogen-bond acceptors (Lipinski definition) is 3. The van der Waals surface area contributed by atoms with Gasteiger partial charge in [0.15, 0.2) is 5.78 Å². The van der Waals surface area contributed by atoms with Crippen molar-refractivity contribution in [2.75, 3.05) is 11.9 Å². The Kier molecular flexibility index (Phi) is 5.76. The molecule has 0 saturated heterocycles. The number of hydrogen-bond donors (Lipinski definition) is 2. The van der Waals surface area contributed by atoms with Crippen molar-refractivity contribution in [3.05, 3.63) is 65.2 Å². The first-order chi connectivity index (χ1) is 11.4. The predicted molar refractivity (Wildman–Crippen MR) is 87.9 cm³/mol. The van der Waals surface area contributed by atoms with Crippen molar-refractivity contribution in [2.45, 2.75) is 19.9 Å². The molecule has 126 valence electrons. The molecule has 1 atom stereocenters. The molecule has 0 aliphatic carbocycles. The average molecular weight is 332 g/mol. The fourth-order valence-electron chi connectivity index (χ4n) is 2.30. The van der Waals surface area contributed by atoms with Gasteiger partial charge in [0.25, 0.3) is 0 Å². The van der Waals surface area contributed by atoms with Crippen molar-refractivity contribution >= 4 is 17.4 Å². The van der Waals surface area contributed by atoms with Crippen molar-refractivity contribution in [2.24, 2.45) is 0 Å². The number of anilines is 1. The number of rotatable bonds is 6. The third kappa shape index (κ3) is 4.45. The summed E-state index contributed by atoms with van der Waals surface area (Å²) in [6.45, 7) is 3.01. The molecular weight excluding hydrogens is 314 g/mol. The summed E-state index contributed by atoms with van der Waals surface area (Å²) in [5, 5.41) is 5.51. The number of carbonyl (C=O) groups excluding carboxylic acids is 2. The van der Waals surface area contributed by atoms with E-state index in [-0.39, 0.29) is 23.8 Å². The monoisotopic (exact) mass is 332 g/mol. The summed E-state index contributed by atoms with van der Waals surface area (Å²) in [6.07, 6.45) is 0. The lowest BCUT2D eigenvalue weighted by Gasteiger charge is -2.15. The van der Waals surface area contributed by atoms with Crippen LogP contribution in [0.4, 0.5) is 14.5 Å². The summed E-state index contributed by atoms with van der Waals surface area (Å²) in [5.74, 6) is -1.84. The Morgan fingerprint density at radius 2 is 1.83 bits per heavy atom. The fourth-order valence-corrected chi connectivity index (χ4v) is 2.30. The first kappa shape index (κ1) is 17.7. The van der Waals surface area contributed by atoms with E-state index in [1.165, 1.54) is 19.1 Å². The number of amides is 1. The molecule has 0 bridgehead atoms. The van der Waals surface area contributed by atoms with Gasteiger partial charge in [-0.2, -0.15) is 0 Å². The normalized spacial score (nSPS) is 11.8. The third-order valence-electron chi connectivity index (χ3n) is 3.58. The maximum atomic E-state index is 13.7. The van der Waals surface area contributed by atoms with Gasteiger partial charge in [0.05, 0.1) is 12.2 Å². The van der Waals surface area contributed by atoms with E-state index in [4.69, 9.17) is 0 Å². The maximum absolute atomic E-state index is 13.7.